The number of amides is 2. The lowest BCUT2D eigenvalue weighted by atomic mass is 10.0. The van der Waals surface area contributed by atoms with Crippen molar-refractivity contribution in [1.82, 2.24) is 4.90 Å². The van der Waals surface area contributed by atoms with E-state index in [1.807, 2.05) is 0 Å². The van der Waals surface area contributed by atoms with Crippen molar-refractivity contribution in [3.8, 4) is 0 Å². The first kappa shape index (κ1) is 25.6. The zero-order chi connectivity index (χ0) is 23.3. The summed E-state index contributed by atoms with van der Waals surface area (Å²) >= 11 is 0. The van der Waals surface area contributed by atoms with Gasteiger partial charge < -0.3 is 9.47 Å². The molecule has 0 aromatic heterocycles. The van der Waals surface area contributed by atoms with E-state index in [-0.39, 0.29) is 43.0 Å². The van der Waals surface area contributed by atoms with Gasteiger partial charge in [-0.3, -0.25) is 24.1 Å². The Morgan fingerprint density at radius 1 is 0.812 bits per heavy atom. The molecule has 174 valence electrons. The molecule has 1 heterocycles. The molecule has 1 aliphatic rings. The molecule has 2 rings (SSSR count). The molecule has 0 atom stereocenters. The summed E-state index contributed by atoms with van der Waals surface area (Å²) in [6.07, 6.45) is 5.68. The van der Waals surface area contributed by atoms with Gasteiger partial charge in [-0.1, -0.05) is 18.2 Å². The predicted molar refractivity (Wildman–Crippen MR) is 120 cm³/mol. The molecule has 0 N–H and O–H groups in total. The van der Waals surface area contributed by atoms with Crippen LogP contribution in [0.2, 0.25) is 0 Å². The number of nitrogens with zero attached hydrogens (tertiary/aromatic N) is 1. The van der Waals surface area contributed by atoms with Crippen LogP contribution in [0.15, 0.2) is 30.4 Å². The molecule has 7 nitrogen and oxygen atoms in total. The Morgan fingerprint density at radius 2 is 1.50 bits per heavy atom. The molecule has 0 fully saturated rings. The SMILES string of the molecule is Cc1ccc(CCCC(=O)COCCOCCCC(=O)CCN2C(=O)C=CC2=O)cc1C. The van der Waals surface area contributed by atoms with Crippen molar-refractivity contribution in [1.29, 1.82) is 0 Å². The zero-order valence-corrected chi connectivity index (χ0v) is 19.1. The summed E-state index contributed by atoms with van der Waals surface area (Å²) < 4.78 is 10.8. The van der Waals surface area contributed by atoms with Gasteiger partial charge in [0.25, 0.3) is 11.8 Å². The van der Waals surface area contributed by atoms with Crippen LogP contribution in [0.25, 0.3) is 0 Å². The van der Waals surface area contributed by atoms with Gasteiger partial charge in [0.2, 0.25) is 0 Å². The van der Waals surface area contributed by atoms with E-state index in [9.17, 15) is 19.2 Å². The number of aryl methyl sites for hydroxylation is 3. The molecule has 0 saturated heterocycles. The summed E-state index contributed by atoms with van der Waals surface area (Å²) in [5, 5.41) is 0. The molecule has 2 amide bonds. The highest BCUT2D eigenvalue weighted by Crippen LogP contribution is 2.12. The van der Waals surface area contributed by atoms with Crippen LogP contribution in [0.4, 0.5) is 0 Å². The summed E-state index contributed by atoms with van der Waals surface area (Å²) in [5.41, 5.74) is 3.80. The quantitative estimate of drug-likeness (QED) is 0.288. The van der Waals surface area contributed by atoms with E-state index in [1.54, 1.807) is 0 Å². The zero-order valence-electron chi connectivity index (χ0n) is 19.1. The lowest BCUT2D eigenvalue weighted by Gasteiger charge is -2.12. The number of carbonyl (C=O) groups excluding carboxylic acids is 4. The van der Waals surface area contributed by atoms with Crippen molar-refractivity contribution in [3.05, 3.63) is 47.0 Å². The summed E-state index contributed by atoms with van der Waals surface area (Å²) in [4.78, 5) is 47.6. The van der Waals surface area contributed by atoms with E-state index >= 15 is 0 Å². The van der Waals surface area contributed by atoms with Crippen LogP contribution >= 0.6 is 0 Å². The monoisotopic (exact) mass is 443 g/mol. The number of Topliss-reactive ketones (excluding diaryl/α,β-unsaturated/α-hetero) is 2. The molecule has 1 aromatic rings. The van der Waals surface area contributed by atoms with E-state index in [4.69, 9.17) is 9.47 Å². The summed E-state index contributed by atoms with van der Waals surface area (Å²) in [6, 6.07) is 6.40. The van der Waals surface area contributed by atoms with Gasteiger partial charge in [0.1, 0.15) is 12.4 Å². The number of imide groups is 1. The molecule has 0 unspecified atom stereocenters. The van der Waals surface area contributed by atoms with Gasteiger partial charge in [0.05, 0.1) is 13.2 Å². The number of hydrogen-bond acceptors (Lipinski definition) is 6. The minimum atomic E-state index is -0.369. The molecular weight excluding hydrogens is 410 g/mol. The Kier molecular flexibility index (Phi) is 11.0. The first-order chi connectivity index (χ1) is 15.4. The van der Waals surface area contributed by atoms with Gasteiger partial charge in [-0.25, -0.2) is 0 Å². The van der Waals surface area contributed by atoms with Gasteiger partial charge >= 0.3 is 0 Å². The fourth-order valence-corrected chi connectivity index (χ4v) is 3.31. The van der Waals surface area contributed by atoms with Crippen molar-refractivity contribution >= 4 is 23.4 Å². The lowest BCUT2D eigenvalue weighted by molar-refractivity contribution is -0.137. The summed E-state index contributed by atoms with van der Waals surface area (Å²) in [7, 11) is 0. The average molecular weight is 444 g/mol. The van der Waals surface area contributed by atoms with Crippen LogP contribution in [-0.4, -0.2) is 61.3 Å². The van der Waals surface area contributed by atoms with Crippen molar-refractivity contribution in [2.45, 2.75) is 52.4 Å². The van der Waals surface area contributed by atoms with E-state index < -0.39 is 0 Å². The van der Waals surface area contributed by atoms with Gasteiger partial charge in [0, 0.05) is 44.6 Å². The number of rotatable bonds is 16. The van der Waals surface area contributed by atoms with Crippen LogP contribution in [0, 0.1) is 13.8 Å². The third-order valence-corrected chi connectivity index (χ3v) is 5.39. The molecule has 0 bridgehead atoms. The highest BCUT2D eigenvalue weighted by molar-refractivity contribution is 6.13. The molecular formula is C25H33NO6. The van der Waals surface area contributed by atoms with Crippen LogP contribution < -0.4 is 0 Å². The molecule has 32 heavy (non-hydrogen) atoms. The topological polar surface area (TPSA) is 90.0 Å². The first-order valence-corrected chi connectivity index (χ1v) is 11.2. The van der Waals surface area contributed by atoms with Gasteiger partial charge in [-0.2, -0.15) is 0 Å². The number of hydrogen-bond donors (Lipinski definition) is 0. The van der Waals surface area contributed by atoms with Gasteiger partial charge in [-0.05, 0) is 49.8 Å². The highest BCUT2D eigenvalue weighted by Gasteiger charge is 2.23. The standard InChI is InChI=1S/C25H33NO6/c1-19-8-9-21(17-20(19)2)5-3-6-23(28)18-32-16-15-31-14-4-7-22(27)12-13-26-24(29)10-11-25(26)30/h8-11,17H,3-7,12-16,18H2,1-2H3. The Morgan fingerprint density at radius 3 is 2.22 bits per heavy atom. The van der Waals surface area contributed by atoms with Crippen LogP contribution in [0.3, 0.4) is 0 Å². The van der Waals surface area contributed by atoms with E-state index in [0.717, 1.165) is 17.7 Å². The number of carbonyl (C=O) groups is 4. The van der Waals surface area contributed by atoms with Crippen molar-refractivity contribution < 1.29 is 28.7 Å². The Hall–Kier alpha value is -2.64. The Bertz CT molecular complexity index is 827. The molecule has 1 aliphatic heterocycles. The minimum Gasteiger partial charge on any atom is -0.379 e. The highest BCUT2D eigenvalue weighted by atomic mass is 16.5. The average Bonchev–Trinajstić information content (AvgIpc) is 3.08. The maximum absolute atomic E-state index is 11.9. The summed E-state index contributed by atoms with van der Waals surface area (Å²) in [6.45, 7) is 5.52. The maximum Gasteiger partial charge on any atom is 0.253 e. The Balaban J connectivity index is 1.41. The third-order valence-electron chi connectivity index (χ3n) is 5.39. The van der Waals surface area contributed by atoms with Crippen molar-refractivity contribution in [3.63, 3.8) is 0 Å². The number of ether oxygens (including phenoxy) is 2. The second-order valence-corrected chi connectivity index (χ2v) is 8.03. The number of ketones is 2. The second-order valence-electron chi connectivity index (χ2n) is 8.03. The van der Waals surface area contributed by atoms with Gasteiger partial charge in [0.15, 0.2) is 5.78 Å². The fraction of sp³-hybridized carbons (Fsp3) is 0.520. The second kappa shape index (κ2) is 13.7. The van der Waals surface area contributed by atoms with E-state index in [1.165, 1.54) is 28.8 Å². The lowest BCUT2D eigenvalue weighted by Crippen LogP contribution is -2.32. The molecule has 0 saturated carbocycles. The molecule has 1 aromatic carbocycles. The van der Waals surface area contributed by atoms with Crippen molar-refractivity contribution in [2.24, 2.45) is 0 Å². The third kappa shape index (κ3) is 9.24. The smallest absolute Gasteiger partial charge is 0.253 e. The minimum absolute atomic E-state index is 0.0104. The fourth-order valence-electron chi connectivity index (χ4n) is 3.31. The molecule has 0 spiro atoms. The molecule has 0 radical (unpaired) electrons. The van der Waals surface area contributed by atoms with Crippen LogP contribution in [0.5, 0.6) is 0 Å². The molecule has 0 aliphatic carbocycles. The Labute approximate surface area is 189 Å². The molecule has 7 heteroatoms. The van der Waals surface area contributed by atoms with E-state index in [0.29, 0.717) is 39.1 Å². The predicted octanol–water partition coefficient (Wildman–Crippen LogP) is 2.89. The number of benzene rings is 1. The van der Waals surface area contributed by atoms with Crippen LogP contribution in [-0.2, 0) is 35.1 Å². The van der Waals surface area contributed by atoms with Gasteiger partial charge in [-0.15, -0.1) is 0 Å². The maximum atomic E-state index is 11.9. The first-order valence-electron chi connectivity index (χ1n) is 11.2. The normalized spacial score (nSPS) is 13.2. The van der Waals surface area contributed by atoms with Crippen LogP contribution in [0.1, 0.15) is 48.8 Å². The largest absolute Gasteiger partial charge is 0.379 e. The van der Waals surface area contributed by atoms with Crippen molar-refractivity contribution in [2.75, 3.05) is 33.0 Å². The van der Waals surface area contributed by atoms with E-state index in [2.05, 4.69) is 32.0 Å². The summed E-state index contributed by atoms with van der Waals surface area (Å²) in [5.74, 6) is -0.662.